The Morgan fingerprint density at radius 1 is 0.935 bits per heavy atom. The third kappa shape index (κ3) is 4.68. The molecule has 1 amide bonds. The molecule has 2 N–H and O–H groups in total. The Balaban J connectivity index is 2.02. The zero-order valence-electron chi connectivity index (χ0n) is 15.6. The average Bonchev–Trinajstić information content (AvgIpc) is 2.67. The lowest BCUT2D eigenvalue weighted by molar-refractivity contribution is -0.124. The van der Waals surface area contributed by atoms with E-state index in [1.165, 1.54) is 0 Å². The Morgan fingerprint density at radius 3 is 2.16 bits per heavy atom. The highest BCUT2D eigenvalue weighted by Crippen LogP contribution is 2.35. The first kappa shape index (κ1) is 23.4. The van der Waals surface area contributed by atoms with Gasteiger partial charge in [0.25, 0.3) is 10.0 Å². The van der Waals surface area contributed by atoms with Crippen molar-refractivity contribution < 1.29 is 40.3 Å². The van der Waals surface area contributed by atoms with Crippen LogP contribution in [-0.2, 0) is 14.8 Å². The van der Waals surface area contributed by atoms with Crippen LogP contribution >= 0.6 is 11.6 Å². The number of carbonyl (C=O) groups excluding carboxylic acids is 1. The van der Waals surface area contributed by atoms with Crippen molar-refractivity contribution >= 4 is 27.5 Å². The quantitative estimate of drug-likeness (QED) is 0.390. The van der Waals surface area contributed by atoms with Crippen LogP contribution in [0.3, 0.4) is 0 Å². The first-order valence-corrected chi connectivity index (χ1v) is 10.9. The number of halogens is 6. The number of aliphatic hydroxyl groups excluding tert-OH is 1. The zero-order chi connectivity index (χ0) is 23.1. The van der Waals surface area contributed by atoms with E-state index < -0.39 is 78.1 Å². The van der Waals surface area contributed by atoms with Gasteiger partial charge in [-0.3, -0.25) is 4.79 Å². The Bertz CT molecular complexity index is 1150. The van der Waals surface area contributed by atoms with Crippen LogP contribution in [0.2, 0.25) is 5.02 Å². The molecule has 0 saturated heterocycles. The maximum Gasteiger partial charge on any atom is 0.265 e. The van der Waals surface area contributed by atoms with Crippen LogP contribution in [0.15, 0.2) is 23.1 Å². The molecule has 0 bridgehead atoms. The predicted octanol–water partition coefficient (Wildman–Crippen LogP) is 4.06. The molecule has 0 unspecified atom stereocenters. The molecule has 0 heterocycles. The molecular formula is C19H15ClF5NO4S. The zero-order valence-corrected chi connectivity index (χ0v) is 17.1. The van der Waals surface area contributed by atoms with Gasteiger partial charge < -0.3 is 5.11 Å². The molecule has 12 heteroatoms. The molecular weight excluding hydrogens is 469 g/mol. The topological polar surface area (TPSA) is 83.5 Å². The molecule has 0 radical (unpaired) electrons. The molecule has 2 aromatic carbocycles. The summed E-state index contributed by atoms with van der Waals surface area (Å²) in [5.41, 5.74) is -2.37. The molecule has 1 aliphatic carbocycles. The number of carbonyl (C=O) groups is 1. The minimum atomic E-state index is -4.72. The second kappa shape index (κ2) is 8.71. The van der Waals surface area contributed by atoms with Gasteiger partial charge in [-0.15, -0.1) is 0 Å². The number of sulfonamides is 1. The molecule has 1 fully saturated rings. The number of hydrogen-bond donors (Lipinski definition) is 2. The van der Waals surface area contributed by atoms with E-state index in [9.17, 15) is 40.3 Å². The van der Waals surface area contributed by atoms with Gasteiger partial charge in [0.2, 0.25) is 5.91 Å². The van der Waals surface area contributed by atoms with Crippen LogP contribution < -0.4 is 4.72 Å². The molecule has 3 rings (SSSR count). The highest BCUT2D eigenvalue weighted by atomic mass is 35.5. The summed E-state index contributed by atoms with van der Waals surface area (Å²) in [5, 5.41) is 8.78. The monoisotopic (exact) mass is 483 g/mol. The largest absolute Gasteiger partial charge is 0.393 e. The van der Waals surface area contributed by atoms with Crippen LogP contribution in [0, 0.1) is 35.0 Å². The van der Waals surface area contributed by atoms with Crippen LogP contribution in [0.5, 0.6) is 0 Å². The SMILES string of the molecule is O=C(NS(=O)(=O)c1cc(-c2c(F)cc(F)c(F)c2F)c(F)cc1Cl)C1CCC(O)CC1. The maximum absolute atomic E-state index is 14.3. The first-order chi connectivity index (χ1) is 14.4. The lowest BCUT2D eigenvalue weighted by atomic mass is 9.87. The Morgan fingerprint density at radius 2 is 1.55 bits per heavy atom. The summed E-state index contributed by atoms with van der Waals surface area (Å²) in [5.74, 6) is -10.7. The smallest absolute Gasteiger partial charge is 0.265 e. The van der Waals surface area contributed by atoms with E-state index >= 15 is 0 Å². The van der Waals surface area contributed by atoms with Gasteiger partial charge in [0.1, 0.15) is 16.5 Å². The summed E-state index contributed by atoms with van der Waals surface area (Å²) in [4.78, 5) is 11.4. The van der Waals surface area contributed by atoms with Crippen molar-refractivity contribution in [2.75, 3.05) is 0 Å². The van der Waals surface area contributed by atoms with Crippen LogP contribution in [0.4, 0.5) is 22.0 Å². The van der Waals surface area contributed by atoms with Gasteiger partial charge in [-0.05, 0) is 37.8 Å². The fourth-order valence-electron chi connectivity index (χ4n) is 3.35. The summed E-state index contributed by atoms with van der Waals surface area (Å²) in [7, 11) is -4.72. The Kier molecular flexibility index (Phi) is 6.59. The minimum absolute atomic E-state index is 0.0186. The van der Waals surface area contributed by atoms with Crippen LogP contribution in [0.25, 0.3) is 11.1 Å². The van der Waals surface area contributed by atoms with Gasteiger partial charge in [-0.25, -0.2) is 35.1 Å². The third-order valence-electron chi connectivity index (χ3n) is 5.00. The standard InChI is InChI=1S/C19H15ClF5NO4S/c20-11-6-12(21)10(16-13(22)7-14(23)17(24)18(16)25)5-15(11)31(29,30)26-19(28)8-1-3-9(27)4-2-8/h5-9,27H,1-4H2,(H,26,28). The minimum Gasteiger partial charge on any atom is -0.393 e. The van der Waals surface area contributed by atoms with E-state index in [4.69, 9.17) is 11.6 Å². The molecule has 2 aromatic rings. The summed E-state index contributed by atoms with van der Waals surface area (Å²) in [6, 6.07) is 0.832. The first-order valence-electron chi connectivity index (χ1n) is 8.99. The number of benzene rings is 2. The van der Waals surface area contributed by atoms with E-state index in [0.717, 1.165) is 0 Å². The number of rotatable bonds is 4. The second-order valence-corrected chi connectivity index (χ2v) is 9.14. The molecule has 0 aliphatic heterocycles. The summed E-state index contributed by atoms with van der Waals surface area (Å²) in [6.07, 6.45) is 0.477. The van der Waals surface area contributed by atoms with Crippen LogP contribution in [0.1, 0.15) is 25.7 Å². The number of hydrogen-bond acceptors (Lipinski definition) is 4. The molecule has 0 spiro atoms. The van der Waals surface area contributed by atoms with Crippen molar-refractivity contribution in [3.8, 4) is 11.1 Å². The third-order valence-corrected chi connectivity index (χ3v) is 6.81. The summed E-state index contributed by atoms with van der Waals surface area (Å²) >= 11 is 5.77. The van der Waals surface area contributed by atoms with Gasteiger partial charge in [0, 0.05) is 17.5 Å². The van der Waals surface area contributed by atoms with Gasteiger partial charge in [-0.2, -0.15) is 0 Å². The van der Waals surface area contributed by atoms with E-state index in [0.29, 0.717) is 25.0 Å². The lowest BCUT2D eigenvalue weighted by Crippen LogP contribution is -2.38. The van der Waals surface area contributed by atoms with E-state index in [2.05, 4.69) is 0 Å². The van der Waals surface area contributed by atoms with Gasteiger partial charge in [0.05, 0.1) is 16.7 Å². The highest BCUT2D eigenvalue weighted by molar-refractivity contribution is 7.90. The summed E-state index contributed by atoms with van der Waals surface area (Å²) < 4.78 is 96.3. The molecule has 1 saturated carbocycles. The number of aliphatic hydroxyl groups is 1. The van der Waals surface area contributed by atoms with Gasteiger partial charge in [0.15, 0.2) is 17.5 Å². The van der Waals surface area contributed by atoms with Crippen molar-refractivity contribution in [1.29, 1.82) is 0 Å². The fourth-order valence-corrected chi connectivity index (χ4v) is 4.93. The predicted molar refractivity (Wildman–Crippen MR) is 100.0 cm³/mol. The van der Waals surface area contributed by atoms with Crippen molar-refractivity contribution in [3.05, 3.63) is 52.3 Å². The number of amides is 1. The summed E-state index contributed by atoms with van der Waals surface area (Å²) in [6.45, 7) is 0. The Hall–Kier alpha value is -2.24. The van der Waals surface area contributed by atoms with Crippen molar-refractivity contribution in [2.45, 2.75) is 36.7 Å². The molecule has 0 atom stereocenters. The van der Waals surface area contributed by atoms with E-state index in [1.54, 1.807) is 4.72 Å². The fraction of sp³-hybridized carbons (Fsp3) is 0.316. The molecule has 5 nitrogen and oxygen atoms in total. The molecule has 1 aliphatic rings. The Labute approximate surface area is 178 Å². The second-order valence-electron chi connectivity index (χ2n) is 7.08. The molecule has 168 valence electrons. The van der Waals surface area contributed by atoms with Crippen molar-refractivity contribution in [2.24, 2.45) is 5.92 Å². The molecule has 0 aromatic heterocycles. The maximum atomic E-state index is 14.3. The van der Waals surface area contributed by atoms with Gasteiger partial charge >= 0.3 is 0 Å². The highest BCUT2D eigenvalue weighted by Gasteiger charge is 2.31. The van der Waals surface area contributed by atoms with E-state index in [-0.39, 0.29) is 18.9 Å². The van der Waals surface area contributed by atoms with Crippen molar-refractivity contribution in [3.63, 3.8) is 0 Å². The molecule has 31 heavy (non-hydrogen) atoms. The van der Waals surface area contributed by atoms with Crippen LogP contribution in [-0.4, -0.2) is 25.5 Å². The normalized spacial score (nSPS) is 19.3. The number of nitrogens with one attached hydrogen (secondary N) is 1. The average molecular weight is 484 g/mol. The van der Waals surface area contributed by atoms with Gasteiger partial charge in [-0.1, -0.05) is 11.6 Å². The van der Waals surface area contributed by atoms with E-state index in [1.807, 2.05) is 0 Å². The van der Waals surface area contributed by atoms with Crippen molar-refractivity contribution in [1.82, 2.24) is 4.72 Å². The lowest BCUT2D eigenvalue weighted by Gasteiger charge is -2.24.